The van der Waals surface area contributed by atoms with Crippen molar-refractivity contribution >= 4 is 40.8 Å². The minimum atomic E-state index is 0. The van der Waals surface area contributed by atoms with Crippen molar-refractivity contribution in [1.82, 2.24) is 9.47 Å². The number of morpholine rings is 1. The Hall–Kier alpha value is -2.09. The molecule has 0 unspecified atom stereocenters. The molecule has 1 fully saturated rings. The molecule has 3 N–H and O–H groups in total. The van der Waals surface area contributed by atoms with E-state index in [4.69, 9.17) is 10.5 Å². The van der Waals surface area contributed by atoms with Crippen LogP contribution in [0.5, 0.6) is 0 Å². The molecule has 1 aliphatic rings. The maximum absolute atomic E-state index is 12.5. The number of unbranched alkanes of at least 4 members (excludes halogenated alkanes) is 3. The Kier molecular flexibility index (Phi) is 9.44. The molecule has 160 valence electrons. The first-order valence-corrected chi connectivity index (χ1v) is 10.1. The number of carbonyl (C=O) groups excluding carboxylic acids is 2. The lowest BCUT2D eigenvalue weighted by molar-refractivity contribution is -0.135. The van der Waals surface area contributed by atoms with Crippen molar-refractivity contribution in [2.75, 3.05) is 38.2 Å². The van der Waals surface area contributed by atoms with Crippen LogP contribution in [0.3, 0.4) is 0 Å². The van der Waals surface area contributed by atoms with Gasteiger partial charge in [0.25, 0.3) is 0 Å². The highest BCUT2D eigenvalue weighted by Crippen LogP contribution is 2.21. The average Bonchev–Trinajstić information content (AvgIpc) is 3.10. The van der Waals surface area contributed by atoms with Crippen LogP contribution in [-0.2, 0) is 20.9 Å². The third-order valence-electron chi connectivity index (χ3n) is 5.08. The normalized spacial score (nSPS) is 13.9. The van der Waals surface area contributed by atoms with Gasteiger partial charge in [0.2, 0.25) is 11.8 Å². The number of rotatable bonds is 9. The van der Waals surface area contributed by atoms with Crippen molar-refractivity contribution in [3.05, 3.63) is 30.5 Å². The van der Waals surface area contributed by atoms with Gasteiger partial charge in [-0.25, -0.2) is 0 Å². The highest BCUT2D eigenvalue weighted by Gasteiger charge is 2.17. The lowest BCUT2D eigenvalue weighted by Crippen LogP contribution is -2.42. The Morgan fingerprint density at radius 2 is 1.83 bits per heavy atom. The number of hydrogen-bond donors (Lipinski definition) is 2. The molecule has 8 heteroatoms. The maximum atomic E-state index is 12.5. The molecule has 0 aliphatic carbocycles. The molecular weight excluding hydrogens is 392 g/mol. The van der Waals surface area contributed by atoms with Crippen molar-refractivity contribution in [1.29, 1.82) is 0 Å². The van der Waals surface area contributed by atoms with Crippen molar-refractivity contribution in [2.24, 2.45) is 5.73 Å². The number of benzene rings is 1. The molecule has 1 aliphatic heterocycles. The van der Waals surface area contributed by atoms with Crippen LogP contribution in [0.1, 0.15) is 32.1 Å². The van der Waals surface area contributed by atoms with E-state index in [1.807, 2.05) is 39.9 Å². The minimum absolute atomic E-state index is 0. The summed E-state index contributed by atoms with van der Waals surface area (Å²) in [5.41, 5.74) is 7.25. The van der Waals surface area contributed by atoms with Crippen molar-refractivity contribution in [3.63, 3.8) is 0 Å². The SMILES string of the molecule is Cl.NCCCCCCC(=O)Nc1ccc2c(ccn2CC(=O)N2CCOCC2)c1. The van der Waals surface area contributed by atoms with Crippen LogP contribution >= 0.6 is 12.4 Å². The Bertz CT molecular complexity index is 802. The zero-order chi connectivity index (χ0) is 19.8. The van der Waals surface area contributed by atoms with Gasteiger partial charge >= 0.3 is 0 Å². The lowest BCUT2D eigenvalue weighted by atomic mass is 10.1. The van der Waals surface area contributed by atoms with E-state index in [0.717, 1.165) is 42.3 Å². The summed E-state index contributed by atoms with van der Waals surface area (Å²) in [5.74, 6) is 0.141. The molecule has 3 rings (SSSR count). The molecular formula is C21H31ClN4O3. The van der Waals surface area contributed by atoms with Crippen LogP contribution in [0.4, 0.5) is 5.69 Å². The third-order valence-corrected chi connectivity index (χ3v) is 5.08. The fraction of sp³-hybridized carbons (Fsp3) is 0.524. The van der Waals surface area contributed by atoms with E-state index in [-0.39, 0.29) is 24.2 Å². The van der Waals surface area contributed by atoms with E-state index >= 15 is 0 Å². The summed E-state index contributed by atoms with van der Waals surface area (Å²) in [4.78, 5) is 26.4. The number of carbonyl (C=O) groups is 2. The maximum Gasteiger partial charge on any atom is 0.242 e. The summed E-state index contributed by atoms with van der Waals surface area (Å²) in [6.45, 7) is 3.55. The number of fused-ring (bicyclic) bond motifs is 1. The molecule has 7 nitrogen and oxygen atoms in total. The highest BCUT2D eigenvalue weighted by molar-refractivity contribution is 5.94. The fourth-order valence-electron chi connectivity index (χ4n) is 3.48. The molecule has 0 bridgehead atoms. The first-order valence-electron chi connectivity index (χ1n) is 10.1. The number of anilines is 1. The highest BCUT2D eigenvalue weighted by atomic mass is 35.5. The molecule has 0 radical (unpaired) electrons. The summed E-state index contributed by atoms with van der Waals surface area (Å²) < 4.78 is 7.26. The fourth-order valence-corrected chi connectivity index (χ4v) is 3.48. The molecule has 2 heterocycles. The van der Waals surface area contributed by atoms with Gasteiger partial charge in [-0.05, 0) is 43.7 Å². The molecule has 2 aromatic rings. The molecule has 29 heavy (non-hydrogen) atoms. The predicted molar refractivity (Wildman–Crippen MR) is 117 cm³/mol. The van der Waals surface area contributed by atoms with E-state index in [9.17, 15) is 9.59 Å². The largest absolute Gasteiger partial charge is 0.378 e. The first kappa shape index (κ1) is 23.2. The third kappa shape index (κ3) is 6.73. The Morgan fingerprint density at radius 3 is 2.59 bits per heavy atom. The number of nitrogens with zero attached hydrogens (tertiary/aromatic N) is 2. The Balaban J connectivity index is 0.00000300. The van der Waals surface area contributed by atoms with E-state index in [0.29, 0.717) is 45.8 Å². The summed E-state index contributed by atoms with van der Waals surface area (Å²) in [6, 6.07) is 7.78. The van der Waals surface area contributed by atoms with Gasteiger partial charge in [-0.1, -0.05) is 12.8 Å². The van der Waals surface area contributed by atoms with E-state index < -0.39 is 0 Å². The molecule has 0 atom stereocenters. The van der Waals surface area contributed by atoms with Gasteiger partial charge in [-0.15, -0.1) is 12.4 Å². The number of amides is 2. The number of halogens is 1. The van der Waals surface area contributed by atoms with Crippen LogP contribution < -0.4 is 11.1 Å². The van der Waals surface area contributed by atoms with Gasteiger partial charge in [0.1, 0.15) is 6.54 Å². The smallest absolute Gasteiger partial charge is 0.242 e. The second-order valence-electron chi connectivity index (χ2n) is 7.21. The van der Waals surface area contributed by atoms with Gasteiger partial charge in [0.05, 0.1) is 13.2 Å². The van der Waals surface area contributed by atoms with Gasteiger partial charge in [0.15, 0.2) is 0 Å². The minimum Gasteiger partial charge on any atom is -0.378 e. The summed E-state index contributed by atoms with van der Waals surface area (Å²) in [5, 5.41) is 3.97. The second-order valence-corrected chi connectivity index (χ2v) is 7.21. The number of nitrogens with two attached hydrogens (primary N) is 1. The van der Waals surface area contributed by atoms with Crippen molar-refractivity contribution < 1.29 is 14.3 Å². The Morgan fingerprint density at radius 1 is 1.07 bits per heavy atom. The molecule has 1 aromatic heterocycles. The standard InChI is InChI=1S/C21H30N4O3.ClH/c22-9-4-2-1-3-5-20(26)23-18-6-7-19-17(15-18)8-10-25(19)16-21(27)24-11-13-28-14-12-24;/h6-8,10,15H,1-5,9,11-14,16,22H2,(H,23,26);1H. The average molecular weight is 423 g/mol. The van der Waals surface area contributed by atoms with Crippen LogP contribution in [0.25, 0.3) is 10.9 Å². The molecule has 1 aromatic carbocycles. The zero-order valence-corrected chi connectivity index (χ0v) is 17.6. The molecule has 0 spiro atoms. The van der Waals surface area contributed by atoms with Crippen molar-refractivity contribution in [3.8, 4) is 0 Å². The quantitative estimate of drug-likeness (QED) is 0.608. The Labute approximate surface area is 178 Å². The number of hydrogen-bond acceptors (Lipinski definition) is 4. The topological polar surface area (TPSA) is 89.6 Å². The van der Waals surface area contributed by atoms with Gasteiger partial charge < -0.3 is 25.3 Å². The molecule has 2 amide bonds. The van der Waals surface area contributed by atoms with Crippen LogP contribution in [-0.4, -0.2) is 54.1 Å². The second kappa shape index (κ2) is 11.8. The molecule has 0 saturated carbocycles. The predicted octanol–water partition coefficient (Wildman–Crippen LogP) is 2.77. The van der Waals surface area contributed by atoms with Gasteiger partial charge in [0, 0.05) is 42.3 Å². The molecule has 1 saturated heterocycles. The number of ether oxygens (including phenoxy) is 1. The number of aromatic nitrogens is 1. The van der Waals surface area contributed by atoms with Crippen LogP contribution in [0.2, 0.25) is 0 Å². The summed E-state index contributed by atoms with van der Waals surface area (Å²) in [7, 11) is 0. The van der Waals surface area contributed by atoms with Crippen molar-refractivity contribution in [2.45, 2.75) is 38.6 Å². The first-order chi connectivity index (χ1) is 13.7. The van der Waals surface area contributed by atoms with Crippen LogP contribution in [0.15, 0.2) is 30.5 Å². The van der Waals surface area contributed by atoms with Crippen LogP contribution in [0, 0.1) is 0 Å². The number of nitrogens with one attached hydrogen (secondary N) is 1. The van der Waals surface area contributed by atoms with E-state index in [1.54, 1.807) is 0 Å². The summed E-state index contributed by atoms with van der Waals surface area (Å²) in [6.07, 6.45) is 6.46. The zero-order valence-electron chi connectivity index (χ0n) is 16.8. The van der Waals surface area contributed by atoms with E-state index in [2.05, 4.69) is 5.32 Å². The lowest BCUT2D eigenvalue weighted by Gasteiger charge is -2.27. The van der Waals surface area contributed by atoms with E-state index in [1.165, 1.54) is 0 Å². The van der Waals surface area contributed by atoms with Gasteiger partial charge in [-0.3, -0.25) is 9.59 Å². The summed E-state index contributed by atoms with van der Waals surface area (Å²) >= 11 is 0. The van der Waals surface area contributed by atoms with Gasteiger partial charge in [-0.2, -0.15) is 0 Å². The monoisotopic (exact) mass is 422 g/mol.